The van der Waals surface area contributed by atoms with Gasteiger partial charge < -0.3 is 9.63 Å². The highest BCUT2D eigenvalue weighted by atomic mass is 16.5. The summed E-state index contributed by atoms with van der Waals surface area (Å²) in [7, 11) is 0. The van der Waals surface area contributed by atoms with E-state index in [9.17, 15) is 4.79 Å². The third kappa shape index (κ3) is 4.25. The summed E-state index contributed by atoms with van der Waals surface area (Å²) in [5.74, 6) is -0.886. The number of pyridine rings is 1. The molecule has 0 aliphatic carbocycles. The fourth-order valence-corrected chi connectivity index (χ4v) is 3.23. The number of aromatic carboxylic acids is 1. The molecular formula is C19H25N3O3. The standard InChI is InChI=1S/C19H25N3O3/c1-19(2,3)14-4-7-20-15(10-14)12-22-8-5-13(6-9-22)16-11-17(18(23)24)25-21-16/h4,7,10-11,13H,5-6,8-9,12H2,1-3H3,(H,23,24). The van der Waals surface area contributed by atoms with Crippen LogP contribution in [-0.2, 0) is 12.0 Å². The van der Waals surface area contributed by atoms with Gasteiger partial charge in [0, 0.05) is 24.7 Å². The Morgan fingerprint density at radius 2 is 2.04 bits per heavy atom. The summed E-state index contributed by atoms with van der Waals surface area (Å²) in [6, 6.07) is 5.83. The van der Waals surface area contributed by atoms with Crippen molar-refractivity contribution in [2.75, 3.05) is 13.1 Å². The maximum absolute atomic E-state index is 10.9. The van der Waals surface area contributed by atoms with Crippen molar-refractivity contribution >= 4 is 5.97 Å². The molecule has 3 rings (SSSR count). The Morgan fingerprint density at radius 3 is 2.64 bits per heavy atom. The summed E-state index contributed by atoms with van der Waals surface area (Å²) in [6.45, 7) is 9.36. The monoisotopic (exact) mass is 343 g/mol. The highest BCUT2D eigenvalue weighted by Gasteiger charge is 2.25. The largest absolute Gasteiger partial charge is 0.475 e. The van der Waals surface area contributed by atoms with E-state index >= 15 is 0 Å². The van der Waals surface area contributed by atoms with Crippen molar-refractivity contribution < 1.29 is 14.4 Å². The number of hydrogen-bond donors (Lipinski definition) is 1. The van der Waals surface area contributed by atoms with E-state index in [4.69, 9.17) is 9.63 Å². The Balaban J connectivity index is 1.58. The van der Waals surface area contributed by atoms with E-state index in [2.05, 4.69) is 47.9 Å². The minimum absolute atomic E-state index is 0.0828. The molecule has 134 valence electrons. The van der Waals surface area contributed by atoms with E-state index in [0.29, 0.717) is 0 Å². The Bertz CT molecular complexity index is 740. The van der Waals surface area contributed by atoms with Gasteiger partial charge in [0.15, 0.2) is 0 Å². The van der Waals surface area contributed by atoms with Crippen LogP contribution in [0.1, 0.15) is 67.0 Å². The third-order valence-electron chi connectivity index (χ3n) is 4.81. The van der Waals surface area contributed by atoms with Gasteiger partial charge >= 0.3 is 5.97 Å². The fourth-order valence-electron chi connectivity index (χ4n) is 3.23. The molecule has 0 atom stereocenters. The van der Waals surface area contributed by atoms with Crippen molar-refractivity contribution in [2.24, 2.45) is 0 Å². The number of rotatable bonds is 4. The Hall–Kier alpha value is -2.21. The zero-order valence-electron chi connectivity index (χ0n) is 15.0. The lowest BCUT2D eigenvalue weighted by Gasteiger charge is -2.31. The molecule has 0 radical (unpaired) electrons. The lowest BCUT2D eigenvalue weighted by atomic mass is 9.87. The lowest BCUT2D eigenvalue weighted by Crippen LogP contribution is -2.33. The molecule has 6 nitrogen and oxygen atoms in total. The minimum atomic E-state index is -1.07. The molecule has 1 aliphatic heterocycles. The van der Waals surface area contributed by atoms with Gasteiger partial charge in [0.2, 0.25) is 5.76 Å². The zero-order valence-corrected chi connectivity index (χ0v) is 15.0. The summed E-state index contributed by atoms with van der Waals surface area (Å²) in [6.07, 6.45) is 3.79. The second kappa shape index (κ2) is 6.96. The molecule has 1 N–H and O–H groups in total. The number of hydrogen-bond acceptors (Lipinski definition) is 5. The van der Waals surface area contributed by atoms with Crippen molar-refractivity contribution in [1.82, 2.24) is 15.0 Å². The van der Waals surface area contributed by atoms with Gasteiger partial charge in [-0.05, 0) is 49.0 Å². The van der Waals surface area contributed by atoms with Crippen LogP contribution in [-0.4, -0.2) is 39.2 Å². The Kier molecular flexibility index (Phi) is 4.90. The molecule has 1 saturated heterocycles. The molecule has 0 spiro atoms. The van der Waals surface area contributed by atoms with Crippen LogP contribution in [0.25, 0.3) is 0 Å². The summed E-state index contributed by atoms with van der Waals surface area (Å²) >= 11 is 0. The molecule has 6 heteroatoms. The highest BCUT2D eigenvalue weighted by Crippen LogP contribution is 2.29. The Morgan fingerprint density at radius 1 is 1.32 bits per heavy atom. The number of piperidine rings is 1. The van der Waals surface area contributed by atoms with Crippen molar-refractivity contribution in [2.45, 2.75) is 51.5 Å². The van der Waals surface area contributed by atoms with Gasteiger partial charge in [-0.25, -0.2) is 4.79 Å². The van der Waals surface area contributed by atoms with Crippen molar-refractivity contribution in [3.8, 4) is 0 Å². The van der Waals surface area contributed by atoms with Crippen molar-refractivity contribution in [1.29, 1.82) is 0 Å². The van der Waals surface area contributed by atoms with Crippen LogP contribution in [0.4, 0.5) is 0 Å². The maximum atomic E-state index is 10.9. The van der Waals surface area contributed by atoms with Gasteiger partial charge in [0.25, 0.3) is 0 Å². The average molecular weight is 343 g/mol. The molecule has 0 unspecified atom stereocenters. The van der Waals surface area contributed by atoms with Gasteiger partial charge in [-0.3, -0.25) is 9.88 Å². The summed E-state index contributed by atoms with van der Waals surface area (Å²) in [4.78, 5) is 17.8. The first-order valence-electron chi connectivity index (χ1n) is 8.70. The van der Waals surface area contributed by atoms with Gasteiger partial charge in [0.1, 0.15) is 0 Å². The quantitative estimate of drug-likeness (QED) is 0.916. The molecular weight excluding hydrogens is 318 g/mol. The topological polar surface area (TPSA) is 79.5 Å². The van der Waals surface area contributed by atoms with Gasteiger partial charge in [-0.15, -0.1) is 0 Å². The minimum Gasteiger partial charge on any atom is -0.475 e. The number of aromatic nitrogens is 2. The third-order valence-corrected chi connectivity index (χ3v) is 4.81. The lowest BCUT2D eigenvalue weighted by molar-refractivity contribution is 0.0651. The maximum Gasteiger partial charge on any atom is 0.374 e. The van der Waals surface area contributed by atoms with Crippen molar-refractivity contribution in [3.63, 3.8) is 0 Å². The van der Waals surface area contributed by atoms with Crippen LogP contribution in [0, 0.1) is 0 Å². The van der Waals surface area contributed by atoms with Crippen LogP contribution >= 0.6 is 0 Å². The Labute approximate surface area is 147 Å². The second-order valence-corrected chi connectivity index (χ2v) is 7.76. The average Bonchev–Trinajstić information content (AvgIpc) is 3.05. The van der Waals surface area contributed by atoms with E-state index in [1.165, 1.54) is 5.56 Å². The number of carboxylic acids is 1. The summed E-state index contributed by atoms with van der Waals surface area (Å²) < 4.78 is 4.87. The van der Waals surface area contributed by atoms with Crippen LogP contribution in [0.3, 0.4) is 0 Å². The van der Waals surface area contributed by atoms with E-state index in [0.717, 1.165) is 43.9 Å². The summed E-state index contributed by atoms with van der Waals surface area (Å²) in [5.41, 5.74) is 3.28. The first-order valence-corrected chi connectivity index (χ1v) is 8.70. The molecule has 1 fully saturated rings. The van der Waals surface area contributed by atoms with Gasteiger partial charge in [0.05, 0.1) is 11.4 Å². The molecule has 2 aromatic heterocycles. The first-order chi connectivity index (χ1) is 11.8. The SMILES string of the molecule is CC(C)(C)c1ccnc(CN2CCC(c3cc(C(=O)O)on3)CC2)c1. The van der Waals surface area contributed by atoms with Crippen molar-refractivity contribution in [3.05, 3.63) is 47.1 Å². The van der Waals surface area contributed by atoms with Crippen LogP contribution in [0.15, 0.2) is 28.9 Å². The van der Waals surface area contributed by atoms with Crippen LogP contribution < -0.4 is 0 Å². The molecule has 1 aliphatic rings. The van der Waals surface area contributed by atoms with E-state index < -0.39 is 5.97 Å². The predicted octanol–water partition coefficient (Wildman–Crippen LogP) is 3.44. The first kappa shape index (κ1) is 17.6. The van der Waals surface area contributed by atoms with Crippen LogP contribution in [0.5, 0.6) is 0 Å². The van der Waals surface area contributed by atoms with Gasteiger partial charge in [-0.1, -0.05) is 25.9 Å². The normalized spacial score (nSPS) is 16.9. The number of carbonyl (C=O) groups is 1. The molecule has 0 saturated carbocycles. The smallest absolute Gasteiger partial charge is 0.374 e. The molecule has 3 heterocycles. The number of nitrogens with zero attached hydrogens (tertiary/aromatic N) is 3. The second-order valence-electron chi connectivity index (χ2n) is 7.76. The van der Waals surface area contributed by atoms with E-state index in [1.54, 1.807) is 6.07 Å². The van der Waals surface area contributed by atoms with Crippen LogP contribution in [0.2, 0.25) is 0 Å². The molecule has 0 bridgehead atoms. The molecule has 2 aromatic rings. The fraction of sp³-hybridized carbons (Fsp3) is 0.526. The molecule has 0 aromatic carbocycles. The van der Waals surface area contributed by atoms with E-state index in [1.807, 2.05) is 6.20 Å². The predicted molar refractivity (Wildman–Crippen MR) is 93.7 cm³/mol. The van der Waals surface area contributed by atoms with Gasteiger partial charge in [-0.2, -0.15) is 0 Å². The number of carboxylic acid groups (broad SMARTS) is 1. The number of likely N-dealkylation sites (tertiary alicyclic amines) is 1. The van der Waals surface area contributed by atoms with E-state index in [-0.39, 0.29) is 17.1 Å². The molecule has 0 amide bonds. The summed E-state index contributed by atoms with van der Waals surface area (Å²) in [5, 5.41) is 12.9. The highest BCUT2D eigenvalue weighted by molar-refractivity contribution is 5.84. The molecule has 25 heavy (non-hydrogen) atoms. The zero-order chi connectivity index (χ0) is 18.0.